The van der Waals surface area contributed by atoms with Gasteiger partial charge in [-0.05, 0) is 23.3 Å². The summed E-state index contributed by atoms with van der Waals surface area (Å²) < 4.78 is 0.560. The van der Waals surface area contributed by atoms with Crippen LogP contribution in [0.2, 0.25) is 0 Å². The van der Waals surface area contributed by atoms with Crippen LogP contribution < -0.4 is 10.6 Å². The number of amides is 2. The smallest absolute Gasteiger partial charge is 0.319 e. The van der Waals surface area contributed by atoms with E-state index >= 15 is 0 Å². The number of anilines is 1. The van der Waals surface area contributed by atoms with Crippen LogP contribution in [0.4, 0.5) is 10.5 Å². The maximum absolute atomic E-state index is 12.2. The van der Waals surface area contributed by atoms with Crippen LogP contribution in [-0.2, 0) is 4.79 Å². The van der Waals surface area contributed by atoms with Crippen molar-refractivity contribution in [3.63, 3.8) is 0 Å². The normalized spacial score (nSPS) is 12.3. The van der Waals surface area contributed by atoms with Gasteiger partial charge in [0, 0.05) is 5.69 Å². The number of benzene rings is 2. The van der Waals surface area contributed by atoms with Gasteiger partial charge in [-0.3, -0.25) is 4.79 Å². The molecule has 0 spiro atoms. The van der Waals surface area contributed by atoms with Gasteiger partial charge in [-0.25, -0.2) is 4.79 Å². The van der Waals surface area contributed by atoms with E-state index < -0.39 is 18.0 Å². The van der Waals surface area contributed by atoms with Gasteiger partial charge in [-0.2, -0.15) is 0 Å². The van der Waals surface area contributed by atoms with Gasteiger partial charge in [0.25, 0.3) is 0 Å². The molecule has 2 amide bonds. The van der Waals surface area contributed by atoms with Gasteiger partial charge < -0.3 is 20.2 Å². The number of quaternary nitrogens is 1. The largest absolute Gasteiger partial charge is 0.481 e. The number of urea groups is 1. The Morgan fingerprint density at radius 1 is 0.962 bits per heavy atom. The van der Waals surface area contributed by atoms with Gasteiger partial charge in [0.1, 0.15) is 0 Å². The van der Waals surface area contributed by atoms with Crippen LogP contribution in [0.25, 0.3) is 11.1 Å². The zero-order valence-corrected chi connectivity index (χ0v) is 15.4. The average molecular weight is 356 g/mol. The molecule has 0 saturated carbocycles. The second kappa shape index (κ2) is 8.49. The van der Waals surface area contributed by atoms with E-state index in [1.54, 1.807) is 0 Å². The number of carboxylic acid groups (broad SMARTS) is 1. The molecule has 3 N–H and O–H groups in total. The average Bonchev–Trinajstić information content (AvgIpc) is 2.54. The Hall–Kier alpha value is -2.86. The summed E-state index contributed by atoms with van der Waals surface area (Å²) >= 11 is 0. The third-order valence-electron chi connectivity index (χ3n) is 3.77. The SMILES string of the molecule is C[N+](C)(C)C[C@@H](CC(=O)O)NC(=O)Nc1ccc(-c2ccccc2)cc1. The fourth-order valence-electron chi connectivity index (χ4n) is 2.76. The highest BCUT2D eigenvalue weighted by Crippen LogP contribution is 2.20. The lowest BCUT2D eigenvalue weighted by molar-refractivity contribution is -0.871. The Morgan fingerprint density at radius 3 is 2.08 bits per heavy atom. The van der Waals surface area contributed by atoms with Gasteiger partial charge in [0.05, 0.1) is 40.2 Å². The van der Waals surface area contributed by atoms with E-state index in [-0.39, 0.29) is 6.42 Å². The molecule has 0 fully saturated rings. The molecule has 0 heterocycles. The summed E-state index contributed by atoms with van der Waals surface area (Å²) in [4.78, 5) is 23.3. The Labute approximate surface area is 154 Å². The van der Waals surface area contributed by atoms with Crippen molar-refractivity contribution < 1.29 is 19.2 Å². The number of carbonyl (C=O) groups is 2. The number of nitrogens with zero attached hydrogens (tertiary/aromatic N) is 1. The van der Waals surface area contributed by atoms with Gasteiger partial charge in [0.15, 0.2) is 0 Å². The highest BCUT2D eigenvalue weighted by Gasteiger charge is 2.22. The third kappa shape index (κ3) is 6.57. The number of aliphatic carboxylic acids is 1. The number of carboxylic acids is 1. The molecule has 0 unspecified atom stereocenters. The molecule has 6 nitrogen and oxygen atoms in total. The van der Waals surface area contributed by atoms with Crippen molar-refractivity contribution >= 4 is 17.7 Å². The summed E-state index contributed by atoms with van der Waals surface area (Å²) in [7, 11) is 5.87. The minimum absolute atomic E-state index is 0.115. The molecular weight excluding hydrogens is 330 g/mol. The zero-order chi connectivity index (χ0) is 19.2. The molecule has 0 bridgehead atoms. The molecule has 0 radical (unpaired) electrons. The summed E-state index contributed by atoms with van der Waals surface area (Å²) in [5, 5.41) is 14.6. The summed E-state index contributed by atoms with van der Waals surface area (Å²) in [6, 6.07) is 16.6. The lowest BCUT2D eigenvalue weighted by Crippen LogP contribution is -2.50. The van der Waals surface area contributed by atoms with Crippen LogP contribution >= 0.6 is 0 Å². The van der Waals surface area contributed by atoms with Crippen molar-refractivity contribution in [3.8, 4) is 11.1 Å². The molecule has 0 aliphatic carbocycles. The molecule has 2 aromatic carbocycles. The van der Waals surface area contributed by atoms with E-state index in [0.29, 0.717) is 16.7 Å². The van der Waals surface area contributed by atoms with Crippen LogP contribution in [0.15, 0.2) is 54.6 Å². The number of hydrogen-bond donors (Lipinski definition) is 3. The van der Waals surface area contributed by atoms with Crippen LogP contribution in [0.1, 0.15) is 6.42 Å². The Balaban J connectivity index is 1.98. The van der Waals surface area contributed by atoms with E-state index in [4.69, 9.17) is 5.11 Å². The summed E-state index contributed by atoms with van der Waals surface area (Å²) in [6.07, 6.45) is -0.115. The predicted molar refractivity (Wildman–Crippen MR) is 103 cm³/mol. The van der Waals surface area contributed by atoms with Gasteiger partial charge in [-0.15, -0.1) is 0 Å². The minimum Gasteiger partial charge on any atom is -0.481 e. The number of hydrogen-bond acceptors (Lipinski definition) is 2. The first-order chi connectivity index (χ1) is 12.2. The molecule has 138 valence electrons. The van der Waals surface area contributed by atoms with E-state index in [9.17, 15) is 9.59 Å². The third-order valence-corrected chi connectivity index (χ3v) is 3.77. The van der Waals surface area contributed by atoms with E-state index in [2.05, 4.69) is 10.6 Å². The molecule has 0 saturated heterocycles. The predicted octanol–water partition coefficient (Wildman–Crippen LogP) is 3.02. The summed E-state index contributed by atoms with van der Waals surface area (Å²) in [5.41, 5.74) is 2.82. The second-order valence-electron chi connectivity index (χ2n) is 7.31. The zero-order valence-electron chi connectivity index (χ0n) is 15.4. The molecule has 2 aromatic rings. The highest BCUT2D eigenvalue weighted by molar-refractivity contribution is 5.90. The van der Waals surface area contributed by atoms with Crippen molar-refractivity contribution in [1.82, 2.24) is 5.32 Å². The first-order valence-electron chi connectivity index (χ1n) is 8.48. The summed E-state index contributed by atoms with van der Waals surface area (Å²) in [6.45, 7) is 0.521. The fourth-order valence-corrected chi connectivity index (χ4v) is 2.76. The molecule has 0 aliphatic heterocycles. The van der Waals surface area contributed by atoms with Crippen molar-refractivity contribution in [1.29, 1.82) is 0 Å². The quantitative estimate of drug-likeness (QED) is 0.667. The topological polar surface area (TPSA) is 78.4 Å². The lowest BCUT2D eigenvalue weighted by atomic mass is 10.1. The van der Waals surface area contributed by atoms with E-state index in [0.717, 1.165) is 11.1 Å². The van der Waals surface area contributed by atoms with Crippen molar-refractivity contribution in [3.05, 3.63) is 54.6 Å². The lowest BCUT2D eigenvalue weighted by Gasteiger charge is -2.29. The van der Waals surface area contributed by atoms with E-state index in [1.807, 2.05) is 75.7 Å². The molecule has 0 aliphatic rings. The van der Waals surface area contributed by atoms with Crippen LogP contribution in [-0.4, -0.2) is 55.3 Å². The van der Waals surface area contributed by atoms with Crippen LogP contribution in [0.5, 0.6) is 0 Å². The second-order valence-corrected chi connectivity index (χ2v) is 7.31. The first kappa shape index (κ1) is 19.5. The molecule has 0 aromatic heterocycles. The fraction of sp³-hybridized carbons (Fsp3) is 0.300. The molecule has 6 heteroatoms. The highest BCUT2D eigenvalue weighted by atomic mass is 16.4. The molecule has 1 atom stereocenters. The molecular formula is C20H26N3O3+. The van der Waals surface area contributed by atoms with Crippen LogP contribution in [0, 0.1) is 0 Å². The Bertz CT molecular complexity index is 737. The maximum Gasteiger partial charge on any atom is 0.319 e. The number of rotatable bonds is 7. The van der Waals surface area contributed by atoms with Crippen molar-refractivity contribution in [2.75, 3.05) is 33.0 Å². The van der Waals surface area contributed by atoms with Crippen molar-refractivity contribution in [2.45, 2.75) is 12.5 Å². The number of likely N-dealkylation sites (N-methyl/N-ethyl adjacent to an activating group) is 1. The molecule has 2 rings (SSSR count). The standard InChI is InChI=1S/C20H25N3O3/c1-23(2,3)14-18(13-19(24)25)22-20(26)21-17-11-9-16(10-12-17)15-7-5-4-6-8-15/h4-12,18H,13-14H2,1-3H3,(H2-,21,22,24,25,26)/p+1/t18-/m1/s1. The number of carbonyl (C=O) groups excluding carboxylic acids is 1. The first-order valence-corrected chi connectivity index (χ1v) is 8.48. The monoisotopic (exact) mass is 356 g/mol. The van der Waals surface area contributed by atoms with E-state index in [1.165, 1.54) is 0 Å². The Kier molecular flexibility index (Phi) is 6.36. The van der Waals surface area contributed by atoms with Gasteiger partial charge in [-0.1, -0.05) is 42.5 Å². The molecule has 26 heavy (non-hydrogen) atoms. The van der Waals surface area contributed by atoms with Gasteiger partial charge >= 0.3 is 12.0 Å². The Morgan fingerprint density at radius 2 is 1.54 bits per heavy atom. The van der Waals surface area contributed by atoms with Crippen LogP contribution in [0.3, 0.4) is 0 Å². The van der Waals surface area contributed by atoms with Crippen molar-refractivity contribution in [2.24, 2.45) is 0 Å². The minimum atomic E-state index is -0.934. The summed E-state index contributed by atoms with van der Waals surface area (Å²) in [5.74, 6) is -0.934. The maximum atomic E-state index is 12.2. The van der Waals surface area contributed by atoms with Gasteiger partial charge in [0.2, 0.25) is 0 Å². The number of nitrogens with one attached hydrogen (secondary N) is 2.